The predicted octanol–water partition coefficient (Wildman–Crippen LogP) is 15.2. The first-order valence-electron chi connectivity index (χ1n) is 31.9. The maximum absolute atomic E-state index is 13.4. The first-order chi connectivity index (χ1) is 37.2. The highest BCUT2D eigenvalue weighted by Gasteiger charge is 2.47. The van der Waals surface area contributed by atoms with Gasteiger partial charge in [0.2, 0.25) is 5.91 Å². The minimum Gasteiger partial charge on any atom is -0.454 e. The van der Waals surface area contributed by atoms with Gasteiger partial charge in [0, 0.05) is 6.42 Å². The van der Waals surface area contributed by atoms with E-state index < -0.39 is 67.4 Å². The van der Waals surface area contributed by atoms with Gasteiger partial charge in [-0.3, -0.25) is 9.59 Å². The summed E-state index contributed by atoms with van der Waals surface area (Å²) in [6.45, 7) is 5.68. The smallest absolute Gasteiger partial charge is 0.306 e. The van der Waals surface area contributed by atoms with Crippen molar-refractivity contribution in [1.29, 1.82) is 0 Å². The normalized spacial score (nSPS) is 19.4. The van der Waals surface area contributed by atoms with Crippen molar-refractivity contribution in [2.75, 3.05) is 13.2 Å². The SMILES string of the molecule is CC/C=C/C/C=C/C/C=C/CCCCCC(O)C(=O)NC(COC1OC(CO)C(O)C(O)C1OC(=O)CCCCCCCCCCCCCCCCCCCCCCC)C(O)/C=C/CCCCCCCCCCCCC. The molecule has 0 spiro atoms. The zero-order valence-electron chi connectivity index (χ0n) is 49.1. The number of nitrogens with one attached hydrogen (secondary N) is 1. The lowest BCUT2D eigenvalue weighted by Crippen LogP contribution is -2.61. The molecule has 6 N–H and O–H groups in total. The standard InChI is InChI=1S/C65H119NO10/c1-4-7-10-13-16-19-22-25-26-27-28-29-30-31-32-35-38-41-44-47-50-53-60(70)76-63-62(72)61(71)59(54-67)75-65(63)74-55-56(57(68)51-48-45-42-39-36-33-23-20-17-14-11-8-5-2)66-64(73)58(69)52-49-46-43-40-37-34-24-21-18-15-12-9-6-3/h9,12,18,21,34,37,48,51,56-59,61-63,65,67-69,71-72H,4-8,10-11,13-17,19-20,22-33,35-36,38-47,49-50,52-55H2,1-3H3,(H,66,73)/b12-9+,21-18+,37-34+,51-48+. The molecular weight excluding hydrogens is 955 g/mol. The van der Waals surface area contributed by atoms with Crippen molar-refractivity contribution < 1.29 is 49.3 Å². The van der Waals surface area contributed by atoms with Crippen LogP contribution in [0.15, 0.2) is 48.6 Å². The Morgan fingerprint density at radius 2 is 0.947 bits per heavy atom. The van der Waals surface area contributed by atoms with E-state index in [9.17, 15) is 35.1 Å². The van der Waals surface area contributed by atoms with Gasteiger partial charge in [-0.05, 0) is 57.8 Å². The summed E-state index contributed by atoms with van der Waals surface area (Å²) >= 11 is 0. The van der Waals surface area contributed by atoms with Crippen molar-refractivity contribution in [3.8, 4) is 0 Å². The summed E-state index contributed by atoms with van der Waals surface area (Å²) in [5.74, 6) is -1.21. The summed E-state index contributed by atoms with van der Waals surface area (Å²) in [7, 11) is 0. The van der Waals surface area contributed by atoms with Crippen LogP contribution in [0.4, 0.5) is 0 Å². The van der Waals surface area contributed by atoms with E-state index in [1.165, 1.54) is 167 Å². The third-order valence-corrected chi connectivity index (χ3v) is 15.0. The number of unbranched alkanes of at least 4 members (excludes halogenated alkanes) is 34. The average Bonchev–Trinajstić information content (AvgIpc) is 3.42. The number of hydrogen-bond acceptors (Lipinski definition) is 10. The lowest BCUT2D eigenvalue weighted by Gasteiger charge is -2.41. The quantitative estimate of drug-likeness (QED) is 0.0195. The number of rotatable bonds is 54. The number of allylic oxidation sites excluding steroid dienone is 7. The molecule has 8 unspecified atom stereocenters. The molecule has 1 heterocycles. The van der Waals surface area contributed by atoms with Gasteiger partial charge in [-0.1, -0.05) is 275 Å². The van der Waals surface area contributed by atoms with Crippen LogP contribution in [0.3, 0.4) is 0 Å². The van der Waals surface area contributed by atoms with Gasteiger partial charge in [0.25, 0.3) is 0 Å². The first kappa shape index (κ1) is 71.6. The van der Waals surface area contributed by atoms with Crippen LogP contribution in [0, 0.1) is 0 Å². The summed E-state index contributed by atoms with van der Waals surface area (Å²) in [6.07, 6.45) is 54.4. The van der Waals surface area contributed by atoms with Gasteiger partial charge in [0.05, 0.1) is 25.4 Å². The van der Waals surface area contributed by atoms with Crippen LogP contribution in [-0.2, 0) is 23.8 Å². The number of aliphatic hydroxyl groups is 5. The Morgan fingerprint density at radius 3 is 1.42 bits per heavy atom. The van der Waals surface area contributed by atoms with Crippen molar-refractivity contribution >= 4 is 11.9 Å². The molecule has 1 fully saturated rings. The van der Waals surface area contributed by atoms with Crippen molar-refractivity contribution in [3.63, 3.8) is 0 Å². The van der Waals surface area contributed by atoms with Crippen molar-refractivity contribution in [2.24, 2.45) is 0 Å². The van der Waals surface area contributed by atoms with Crippen LogP contribution in [-0.4, -0.2) is 99.6 Å². The van der Waals surface area contributed by atoms with E-state index in [1.807, 2.05) is 6.08 Å². The zero-order valence-corrected chi connectivity index (χ0v) is 49.1. The van der Waals surface area contributed by atoms with Crippen molar-refractivity contribution in [1.82, 2.24) is 5.32 Å². The second-order valence-corrected chi connectivity index (χ2v) is 22.1. The fourth-order valence-corrected chi connectivity index (χ4v) is 9.96. The fourth-order valence-electron chi connectivity index (χ4n) is 9.96. The minimum atomic E-state index is -1.62. The first-order valence-corrected chi connectivity index (χ1v) is 31.9. The lowest BCUT2D eigenvalue weighted by molar-refractivity contribution is -0.305. The summed E-state index contributed by atoms with van der Waals surface area (Å²) in [5, 5.41) is 57.0. The zero-order chi connectivity index (χ0) is 55.4. The molecule has 0 aromatic carbocycles. The van der Waals surface area contributed by atoms with Gasteiger partial charge in [0.1, 0.15) is 24.4 Å². The lowest BCUT2D eigenvalue weighted by atomic mass is 9.99. The maximum atomic E-state index is 13.4. The molecule has 0 bridgehead atoms. The number of ether oxygens (including phenoxy) is 3. The second-order valence-electron chi connectivity index (χ2n) is 22.1. The summed E-state index contributed by atoms with van der Waals surface area (Å²) in [6, 6.07) is -1.03. The monoisotopic (exact) mass is 1070 g/mol. The average molecular weight is 1070 g/mol. The molecule has 1 amide bonds. The van der Waals surface area contributed by atoms with Gasteiger partial charge in [0.15, 0.2) is 12.4 Å². The number of carbonyl (C=O) groups is 2. The molecule has 0 aromatic rings. The highest BCUT2D eigenvalue weighted by atomic mass is 16.7. The van der Waals surface area contributed by atoms with Crippen LogP contribution < -0.4 is 5.32 Å². The molecular formula is C65H119NO10. The van der Waals surface area contributed by atoms with E-state index in [4.69, 9.17) is 14.2 Å². The molecule has 1 aliphatic rings. The maximum Gasteiger partial charge on any atom is 0.306 e. The molecule has 0 aromatic heterocycles. The van der Waals surface area contributed by atoms with E-state index in [0.29, 0.717) is 12.8 Å². The Hall–Kier alpha value is -2.38. The Balaban J connectivity index is 2.64. The Kier molecular flexibility index (Phi) is 50.2. The number of hydrogen-bond donors (Lipinski definition) is 6. The topological polar surface area (TPSA) is 175 Å². The number of amides is 1. The molecule has 1 saturated heterocycles. The predicted molar refractivity (Wildman–Crippen MR) is 315 cm³/mol. The third-order valence-electron chi connectivity index (χ3n) is 15.0. The molecule has 76 heavy (non-hydrogen) atoms. The van der Waals surface area contributed by atoms with E-state index in [-0.39, 0.29) is 19.4 Å². The van der Waals surface area contributed by atoms with E-state index >= 15 is 0 Å². The van der Waals surface area contributed by atoms with Gasteiger partial charge in [-0.15, -0.1) is 0 Å². The summed E-state index contributed by atoms with van der Waals surface area (Å²) in [4.78, 5) is 26.5. The van der Waals surface area contributed by atoms with E-state index in [1.54, 1.807) is 6.08 Å². The minimum absolute atomic E-state index is 0.124. The Bertz CT molecular complexity index is 1420. The molecule has 11 heteroatoms. The van der Waals surface area contributed by atoms with Crippen molar-refractivity contribution in [2.45, 2.75) is 339 Å². The molecule has 0 aliphatic carbocycles. The van der Waals surface area contributed by atoms with Gasteiger partial charge < -0.3 is 45.1 Å². The molecule has 0 saturated carbocycles. The number of esters is 1. The second kappa shape index (κ2) is 53.3. The largest absolute Gasteiger partial charge is 0.454 e. The van der Waals surface area contributed by atoms with E-state index in [2.05, 4.69) is 62.5 Å². The molecule has 1 aliphatic heterocycles. The van der Waals surface area contributed by atoms with Crippen LogP contribution >= 0.6 is 0 Å². The molecule has 0 radical (unpaired) electrons. The fraction of sp³-hybridized carbons (Fsp3) is 0.846. The van der Waals surface area contributed by atoms with E-state index in [0.717, 1.165) is 77.0 Å². The molecule has 1 rings (SSSR count). The molecule has 11 nitrogen and oxygen atoms in total. The van der Waals surface area contributed by atoms with Crippen LogP contribution in [0.5, 0.6) is 0 Å². The van der Waals surface area contributed by atoms with Crippen LogP contribution in [0.1, 0.15) is 290 Å². The summed E-state index contributed by atoms with van der Waals surface area (Å²) in [5.41, 5.74) is 0. The van der Waals surface area contributed by atoms with Gasteiger partial charge in [-0.25, -0.2) is 0 Å². The molecule has 444 valence electrons. The Morgan fingerprint density at radius 1 is 0.526 bits per heavy atom. The number of aliphatic hydroxyl groups excluding tert-OH is 5. The molecule has 8 atom stereocenters. The summed E-state index contributed by atoms with van der Waals surface area (Å²) < 4.78 is 17.6. The Labute approximate surface area is 466 Å². The van der Waals surface area contributed by atoms with Crippen molar-refractivity contribution in [3.05, 3.63) is 48.6 Å². The van der Waals surface area contributed by atoms with Crippen LogP contribution in [0.2, 0.25) is 0 Å². The highest BCUT2D eigenvalue weighted by Crippen LogP contribution is 2.26. The van der Waals surface area contributed by atoms with Gasteiger partial charge in [-0.2, -0.15) is 0 Å². The highest BCUT2D eigenvalue weighted by molar-refractivity contribution is 5.80. The van der Waals surface area contributed by atoms with Crippen LogP contribution in [0.25, 0.3) is 0 Å². The third kappa shape index (κ3) is 40.8. The van der Waals surface area contributed by atoms with Gasteiger partial charge >= 0.3 is 5.97 Å². The number of carbonyl (C=O) groups excluding carboxylic acids is 2.